The van der Waals surface area contributed by atoms with Crippen molar-refractivity contribution in [3.8, 4) is 16.9 Å². The maximum Gasteiger partial charge on any atom is 0.126 e. The van der Waals surface area contributed by atoms with Crippen molar-refractivity contribution in [2.75, 3.05) is 0 Å². The molecule has 1 N–H and O–H groups in total. The van der Waals surface area contributed by atoms with E-state index in [9.17, 15) is 5.11 Å². The average Bonchev–Trinajstić information content (AvgIpc) is 2.60. The molecule has 0 fully saturated rings. The van der Waals surface area contributed by atoms with Gasteiger partial charge in [0.15, 0.2) is 0 Å². The summed E-state index contributed by atoms with van der Waals surface area (Å²) in [6.45, 7) is 6.62. The van der Waals surface area contributed by atoms with Crippen molar-refractivity contribution >= 4 is 11.6 Å². The van der Waals surface area contributed by atoms with E-state index in [1.807, 2.05) is 24.3 Å². The van der Waals surface area contributed by atoms with Crippen molar-refractivity contribution in [2.24, 2.45) is 0 Å². The molecule has 0 radical (unpaired) electrons. The molecule has 130 valence electrons. The molecule has 1 nitrogen and oxygen atoms in total. The minimum Gasteiger partial charge on any atom is -0.507 e. The summed E-state index contributed by atoms with van der Waals surface area (Å²) in [6, 6.07) is 9.97. The highest BCUT2D eigenvalue weighted by atomic mass is 35.5. The quantitative estimate of drug-likeness (QED) is 0.548. The summed E-state index contributed by atoms with van der Waals surface area (Å²) in [5.41, 5.74) is 5.88. The highest BCUT2D eigenvalue weighted by Gasteiger charge is 2.17. The minimum atomic E-state index is 0.461. The lowest BCUT2D eigenvalue weighted by Crippen LogP contribution is -2.02. The summed E-state index contributed by atoms with van der Waals surface area (Å²) in [4.78, 5) is 0. The van der Waals surface area contributed by atoms with E-state index in [1.165, 1.54) is 24.0 Å². The highest BCUT2D eigenvalue weighted by Crippen LogP contribution is 2.38. The zero-order valence-corrected chi connectivity index (χ0v) is 15.9. The van der Waals surface area contributed by atoms with Gasteiger partial charge >= 0.3 is 0 Å². The van der Waals surface area contributed by atoms with Gasteiger partial charge in [0.25, 0.3) is 0 Å². The monoisotopic (exact) mass is 344 g/mol. The Morgan fingerprint density at radius 2 is 1.50 bits per heavy atom. The predicted molar refractivity (Wildman–Crippen MR) is 105 cm³/mol. The number of rotatable bonds is 8. The number of unbranched alkanes of at least 4 members (excludes halogenated alkanes) is 2. The topological polar surface area (TPSA) is 20.2 Å². The van der Waals surface area contributed by atoms with Gasteiger partial charge < -0.3 is 5.11 Å². The van der Waals surface area contributed by atoms with Crippen LogP contribution in [0.5, 0.6) is 5.75 Å². The molecule has 0 atom stereocenters. The van der Waals surface area contributed by atoms with Gasteiger partial charge in [0.2, 0.25) is 0 Å². The van der Waals surface area contributed by atoms with Gasteiger partial charge in [-0.15, -0.1) is 0 Å². The van der Waals surface area contributed by atoms with Gasteiger partial charge in [-0.1, -0.05) is 57.3 Å². The average molecular weight is 345 g/mol. The van der Waals surface area contributed by atoms with Crippen molar-refractivity contribution < 1.29 is 5.11 Å². The number of hydrogen-bond acceptors (Lipinski definition) is 1. The molecule has 0 bridgehead atoms. The number of aromatic hydroxyl groups is 1. The van der Waals surface area contributed by atoms with Crippen LogP contribution in [0.4, 0.5) is 0 Å². The zero-order valence-electron chi connectivity index (χ0n) is 15.2. The molecule has 2 aromatic rings. The predicted octanol–water partition coefficient (Wildman–Crippen LogP) is 6.96. The summed E-state index contributed by atoms with van der Waals surface area (Å²) in [5.74, 6) is 0.461. The standard InChI is InChI=1S/C22H29ClO/c1-4-7-9-17-15-21(16-11-13-18(23)14-12-16)22(24)20(10-8-5-2)19(17)6-3/h11-15,24H,4-10H2,1-3H3. The largest absolute Gasteiger partial charge is 0.507 e. The zero-order chi connectivity index (χ0) is 17.5. The molecular formula is C22H29ClO. The Hall–Kier alpha value is -1.47. The van der Waals surface area contributed by atoms with Crippen LogP contribution in [-0.2, 0) is 19.3 Å². The molecule has 0 amide bonds. The molecule has 0 heterocycles. The number of halogens is 1. The van der Waals surface area contributed by atoms with Gasteiger partial charge in [0, 0.05) is 10.6 Å². The molecule has 0 aliphatic heterocycles. The molecule has 0 saturated heterocycles. The third-order valence-corrected chi connectivity index (χ3v) is 4.95. The van der Waals surface area contributed by atoms with E-state index in [4.69, 9.17) is 11.6 Å². The number of phenols is 1. The van der Waals surface area contributed by atoms with E-state index in [0.717, 1.165) is 53.8 Å². The van der Waals surface area contributed by atoms with Crippen LogP contribution in [-0.4, -0.2) is 5.11 Å². The maximum atomic E-state index is 11.0. The van der Waals surface area contributed by atoms with Crippen LogP contribution >= 0.6 is 11.6 Å². The number of benzene rings is 2. The summed E-state index contributed by atoms with van der Waals surface area (Å²) in [6.07, 6.45) is 7.63. The molecule has 0 unspecified atom stereocenters. The fourth-order valence-electron chi connectivity index (χ4n) is 3.33. The van der Waals surface area contributed by atoms with Crippen LogP contribution < -0.4 is 0 Å². The molecule has 0 spiro atoms. The Kier molecular flexibility index (Phi) is 7.17. The fourth-order valence-corrected chi connectivity index (χ4v) is 3.46. The van der Waals surface area contributed by atoms with Gasteiger partial charge in [-0.3, -0.25) is 0 Å². The first-order valence-corrected chi connectivity index (χ1v) is 9.62. The van der Waals surface area contributed by atoms with Gasteiger partial charge in [-0.2, -0.15) is 0 Å². The first-order valence-electron chi connectivity index (χ1n) is 9.24. The summed E-state index contributed by atoms with van der Waals surface area (Å²) < 4.78 is 0. The summed E-state index contributed by atoms with van der Waals surface area (Å²) >= 11 is 6.02. The Morgan fingerprint density at radius 1 is 0.875 bits per heavy atom. The summed E-state index contributed by atoms with van der Waals surface area (Å²) in [5, 5.41) is 11.7. The molecule has 2 rings (SSSR count). The first kappa shape index (κ1) is 18.9. The highest BCUT2D eigenvalue weighted by molar-refractivity contribution is 6.30. The van der Waals surface area contributed by atoms with Crippen molar-refractivity contribution in [3.63, 3.8) is 0 Å². The van der Waals surface area contributed by atoms with E-state index < -0.39 is 0 Å². The Bertz CT molecular complexity index is 659. The van der Waals surface area contributed by atoms with Crippen molar-refractivity contribution in [2.45, 2.75) is 65.7 Å². The van der Waals surface area contributed by atoms with Crippen LogP contribution in [0.2, 0.25) is 5.02 Å². The molecule has 0 aliphatic rings. The second-order valence-corrected chi connectivity index (χ2v) is 6.89. The smallest absolute Gasteiger partial charge is 0.126 e. The lowest BCUT2D eigenvalue weighted by molar-refractivity contribution is 0.467. The molecule has 0 saturated carbocycles. The lowest BCUT2D eigenvalue weighted by atomic mass is 9.87. The summed E-state index contributed by atoms with van der Waals surface area (Å²) in [7, 11) is 0. The van der Waals surface area contributed by atoms with Gasteiger partial charge in [-0.25, -0.2) is 0 Å². The van der Waals surface area contributed by atoms with Crippen LogP contribution in [0, 0.1) is 0 Å². The number of hydrogen-bond donors (Lipinski definition) is 1. The fraction of sp³-hybridized carbons (Fsp3) is 0.455. The molecule has 24 heavy (non-hydrogen) atoms. The second kappa shape index (κ2) is 9.13. The van der Waals surface area contributed by atoms with Crippen molar-refractivity contribution in [1.29, 1.82) is 0 Å². The Morgan fingerprint density at radius 3 is 2.08 bits per heavy atom. The normalized spacial score (nSPS) is 11.0. The van der Waals surface area contributed by atoms with Crippen molar-refractivity contribution in [1.82, 2.24) is 0 Å². The van der Waals surface area contributed by atoms with Crippen LogP contribution in [0.25, 0.3) is 11.1 Å². The molecule has 2 aromatic carbocycles. The molecular weight excluding hydrogens is 316 g/mol. The van der Waals surface area contributed by atoms with Crippen LogP contribution in [0.1, 0.15) is 63.1 Å². The van der Waals surface area contributed by atoms with E-state index in [0.29, 0.717) is 5.75 Å². The number of aryl methyl sites for hydroxylation is 1. The third kappa shape index (κ3) is 4.33. The molecule has 0 aliphatic carbocycles. The Labute approximate surface area is 151 Å². The van der Waals surface area contributed by atoms with E-state index in [1.54, 1.807) is 0 Å². The third-order valence-electron chi connectivity index (χ3n) is 4.70. The minimum absolute atomic E-state index is 0.461. The van der Waals surface area contributed by atoms with Crippen LogP contribution in [0.3, 0.4) is 0 Å². The van der Waals surface area contributed by atoms with E-state index >= 15 is 0 Å². The second-order valence-electron chi connectivity index (χ2n) is 6.46. The first-order chi connectivity index (χ1) is 11.6. The van der Waals surface area contributed by atoms with E-state index in [-0.39, 0.29) is 0 Å². The SMILES string of the molecule is CCCCc1cc(-c2ccc(Cl)cc2)c(O)c(CCCC)c1CC. The van der Waals surface area contributed by atoms with Crippen molar-refractivity contribution in [3.05, 3.63) is 52.0 Å². The molecule has 0 aromatic heterocycles. The van der Waals surface area contributed by atoms with Gasteiger partial charge in [-0.05, 0) is 72.6 Å². The van der Waals surface area contributed by atoms with E-state index in [2.05, 4.69) is 26.8 Å². The van der Waals surface area contributed by atoms with Crippen LogP contribution in [0.15, 0.2) is 30.3 Å². The number of phenolic OH excluding ortho intramolecular Hbond substituents is 1. The molecule has 2 heteroatoms. The van der Waals surface area contributed by atoms with Gasteiger partial charge in [0.05, 0.1) is 0 Å². The Balaban J connectivity index is 2.58. The van der Waals surface area contributed by atoms with Gasteiger partial charge in [0.1, 0.15) is 5.75 Å². The maximum absolute atomic E-state index is 11.0. The lowest BCUT2D eigenvalue weighted by Gasteiger charge is -2.19.